The normalized spacial score (nSPS) is 29.2. The summed E-state index contributed by atoms with van der Waals surface area (Å²) in [7, 11) is 0. The summed E-state index contributed by atoms with van der Waals surface area (Å²) in [4.78, 5) is 0. The van der Waals surface area contributed by atoms with E-state index in [0.717, 1.165) is 24.8 Å². The highest BCUT2D eigenvalue weighted by Crippen LogP contribution is 2.31. The van der Waals surface area contributed by atoms with Crippen LogP contribution in [0.4, 0.5) is 0 Å². The van der Waals surface area contributed by atoms with Crippen molar-refractivity contribution in [3.63, 3.8) is 0 Å². The fraction of sp³-hybridized carbons (Fsp3) is 0.833. The molecular weight excluding hydrogens is 158 g/mol. The Hall–Kier alpha value is -0.480. The highest BCUT2D eigenvalue weighted by atomic mass is 14.6. The summed E-state index contributed by atoms with van der Waals surface area (Å²) >= 11 is 0. The van der Waals surface area contributed by atoms with Gasteiger partial charge in [-0.1, -0.05) is 25.7 Å². The van der Waals surface area contributed by atoms with E-state index < -0.39 is 0 Å². The van der Waals surface area contributed by atoms with E-state index in [1.54, 1.807) is 0 Å². The maximum Gasteiger partial charge on any atom is 0.00888 e. The van der Waals surface area contributed by atoms with E-state index in [0.29, 0.717) is 0 Å². The molecule has 1 heteroatoms. The third-order valence-corrected chi connectivity index (χ3v) is 3.28. The van der Waals surface area contributed by atoms with Crippen molar-refractivity contribution in [3.8, 4) is 12.3 Å². The summed E-state index contributed by atoms with van der Waals surface area (Å²) in [5.74, 6) is 4.29. The monoisotopic (exact) mass is 179 g/mol. The van der Waals surface area contributed by atoms with Crippen LogP contribution < -0.4 is 5.73 Å². The van der Waals surface area contributed by atoms with Gasteiger partial charge in [-0.25, -0.2) is 0 Å². The van der Waals surface area contributed by atoms with E-state index in [9.17, 15) is 0 Å². The number of hydrogen-bond donors (Lipinski definition) is 1. The molecule has 0 spiro atoms. The molecule has 1 rings (SSSR count). The molecule has 0 radical (unpaired) electrons. The van der Waals surface area contributed by atoms with Crippen LogP contribution in [0, 0.1) is 24.2 Å². The SMILES string of the molecule is C#CCCC1CCCCCC1CN. The van der Waals surface area contributed by atoms with E-state index in [4.69, 9.17) is 12.2 Å². The first-order valence-corrected chi connectivity index (χ1v) is 5.52. The lowest BCUT2D eigenvalue weighted by Gasteiger charge is -2.22. The Morgan fingerprint density at radius 3 is 2.46 bits per heavy atom. The van der Waals surface area contributed by atoms with Crippen LogP contribution in [0.15, 0.2) is 0 Å². The summed E-state index contributed by atoms with van der Waals surface area (Å²) < 4.78 is 0. The summed E-state index contributed by atoms with van der Waals surface area (Å²) in [5.41, 5.74) is 5.78. The predicted molar refractivity (Wildman–Crippen MR) is 57.2 cm³/mol. The Bertz CT molecular complexity index is 168. The second kappa shape index (κ2) is 6.05. The van der Waals surface area contributed by atoms with Crippen molar-refractivity contribution in [1.82, 2.24) is 0 Å². The first-order chi connectivity index (χ1) is 6.38. The van der Waals surface area contributed by atoms with Crippen molar-refractivity contribution in [3.05, 3.63) is 0 Å². The van der Waals surface area contributed by atoms with Gasteiger partial charge in [-0.2, -0.15) is 0 Å². The van der Waals surface area contributed by atoms with Gasteiger partial charge in [0.15, 0.2) is 0 Å². The van der Waals surface area contributed by atoms with Crippen molar-refractivity contribution < 1.29 is 0 Å². The maximum absolute atomic E-state index is 5.78. The lowest BCUT2D eigenvalue weighted by Crippen LogP contribution is -2.22. The molecule has 0 aromatic rings. The fourth-order valence-electron chi connectivity index (χ4n) is 2.42. The molecule has 2 atom stereocenters. The molecule has 0 heterocycles. The molecular formula is C12H21N. The molecule has 0 saturated heterocycles. The molecule has 0 aromatic carbocycles. The van der Waals surface area contributed by atoms with Crippen molar-refractivity contribution in [1.29, 1.82) is 0 Å². The Balaban J connectivity index is 2.40. The molecule has 2 N–H and O–H groups in total. The second-order valence-electron chi connectivity index (χ2n) is 4.14. The summed E-state index contributed by atoms with van der Waals surface area (Å²) in [5, 5.41) is 0. The smallest absolute Gasteiger partial charge is 0.00888 e. The van der Waals surface area contributed by atoms with Gasteiger partial charge in [0, 0.05) is 6.42 Å². The molecule has 0 amide bonds. The lowest BCUT2D eigenvalue weighted by molar-refractivity contribution is 0.304. The van der Waals surface area contributed by atoms with Crippen LogP contribution in [0.1, 0.15) is 44.9 Å². The third kappa shape index (κ3) is 3.40. The Morgan fingerprint density at radius 2 is 1.85 bits per heavy atom. The minimum absolute atomic E-state index is 0.746. The van der Waals surface area contributed by atoms with Gasteiger partial charge in [0.1, 0.15) is 0 Å². The summed E-state index contributed by atoms with van der Waals surface area (Å²) in [6.07, 6.45) is 14.2. The minimum Gasteiger partial charge on any atom is -0.330 e. The van der Waals surface area contributed by atoms with Gasteiger partial charge in [-0.15, -0.1) is 12.3 Å². The van der Waals surface area contributed by atoms with E-state index >= 15 is 0 Å². The van der Waals surface area contributed by atoms with E-state index in [2.05, 4.69) is 5.92 Å². The van der Waals surface area contributed by atoms with Crippen molar-refractivity contribution >= 4 is 0 Å². The van der Waals surface area contributed by atoms with Gasteiger partial charge in [0.25, 0.3) is 0 Å². The molecule has 1 fully saturated rings. The molecule has 0 aliphatic heterocycles. The molecule has 0 aromatic heterocycles. The Kier molecular flexibility index (Phi) is 4.93. The molecule has 1 aliphatic rings. The largest absolute Gasteiger partial charge is 0.330 e. The molecule has 2 unspecified atom stereocenters. The average molecular weight is 179 g/mol. The number of nitrogens with two attached hydrogens (primary N) is 1. The quantitative estimate of drug-likeness (QED) is 0.523. The standard InChI is InChI=1S/C12H21N/c1-2-3-7-11-8-5-4-6-9-12(11)10-13/h1,11-12H,3-10,13H2. The van der Waals surface area contributed by atoms with Crippen LogP contribution in [0.5, 0.6) is 0 Å². The molecule has 0 bridgehead atoms. The molecule has 13 heavy (non-hydrogen) atoms. The van der Waals surface area contributed by atoms with Crippen molar-refractivity contribution in [2.45, 2.75) is 44.9 Å². The molecule has 1 saturated carbocycles. The lowest BCUT2D eigenvalue weighted by atomic mass is 9.85. The topological polar surface area (TPSA) is 26.0 Å². The minimum atomic E-state index is 0.746. The van der Waals surface area contributed by atoms with Gasteiger partial charge < -0.3 is 5.73 Å². The van der Waals surface area contributed by atoms with Crippen LogP contribution in [-0.4, -0.2) is 6.54 Å². The van der Waals surface area contributed by atoms with E-state index in [1.807, 2.05) is 0 Å². The first-order valence-electron chi connectivity index (χ1n) is 5.52. The van der Waals surface area contributed by atoms with E-state index in [1.165, 1.54) is 38.5 Å². The van der Waals surface area contributed by atoms with E-state index in [-0.39, 0.29) is 0 Å². The Labute approximate surface area is 82.1 Å². The first kappa shape index (κ1) is 10.6. The van der Waals surface area contributed by atoms with Crippen molar-refractivity contribution in [2.75, 3.05) is 6.54 Å². The van der Waals surface area contributed by atoms with Crippen molar-refractivity contribution in [2.24, 2.45) is 17.6 Å². The highest BCUT2D eigenvalue weighted by molar-refractivity contribution is 4.86. The summed E-state index contributed by atoms with van der Waals surface area (Å²) in [6, 6.07) is 0. The third-order valence-electron chi connectivity index (χ3n) is 3.28. The molecule has 1 nitrogen and oxygen atoms in total. The van der Waals surface area contributed by atoms with Crippen LogP contribution in [0.2, 0.25) is 0 Å². The molecule has 1 aliphatic carbocycles. The number of terminal acetylenes is 1. The highest BCUT2D eigenvalue weighted by Gasteiger charge is 2.21. The Morgan fingerprint density at radius 1 is 1.15 bits per heavy atom. The zero-order valence-corrected chi connectivity index (χ0v) is 8.47. The molecule has 74 valence electrons. The second-order valence-corrected chi connectivity index (χ2v) is 4.14. The predicted octanol–water partition coefficient (Wildman–Crippen LogP) is 2.55. The number of rotatable bonds is 3. The van der Waals surface area contributed by atoms with Crippen LogP contribution in [0.25, 0.3) is 0 Å². The van der Waals surface area contributed by atoms with Gasteiger partial charge in [0.05, 0.1) is 0 Å². The van der Waals surface area contributed by atoms with Crippen LogP contribution in [0.3, 0.4) is 0 Å². The van der Waals surface area contributed by atoms with Gasteiger partial charge in [-0.05, 0) is 31.2 Å². The zero-order valence-electron chi connectivity index (χ0n) is 8.47. The summed E-state index contributed by atoms with van der Waals surface area (Å²) in [6.45, 7) is 0.856. The number of hydrogen-bond acceptors (Lipinski definition) is 1. The zero-order chi connectivity index (χ0) is 9.52. The fourth-order valence-corrected chi connectivity index (χ4v) is 2.42. The maximum atomic E-state index is 5.78. The van der Waals surface area contributed by atoms with Gasteiger partial charge in [0.2, 0.25) is 0 Å². The average Bonchev–Trinajstić information content (AvgIpc) is 2.39. The van der Waals surface area contributed by atoms with Gasteiger partial charge >= 0.3 is 0 Å². The van der Waals surface area contributed by atoms with Crippen LogP contribution in [-0.2, 0) is 0 Å². The van der Waals surface area contributed by atoms with Gasteiger partial charge in [-0.3, -0.25) is 0 Å². The van der Waals surface area contributed by atoms with Crippen LogP contribution >= 0.6 is 0 Å².